The number of rotatable bonds is 4. The topological polar surface area (TPSA) is 109 Å². The lowest BCUT2D eigenvalue weighted by Crippen LogP contribution is -2.24. The minimum atomic E-state index is -3.79. The molecule has 0 aliphatic rings. The van der Waals surface area contributed by atoms with Crippen molar-refractivity contribution in [3.8, 4) is 6.07 Å². The molecule has 0 saturated carbocycles. The number of anilines is 1. The van der Waals surface area contributed by atoms with Gasteiger partial charge in [0.2, 0.25) is 10.0 Å². The van der Waals surface area contributed by atoms with Crippen molar-refractivity contribution in [2.24, 2.45) is 0 Å². The monoisotopic (exact) mass is 288 g/mol. The highest BCUT2D eigenvalue weighted by molar-refractivity contribution is 7.89. The summed E-state index contributed by atoms with van der Waals surface area (Å²) >= 11 is 0. The molecular weight excluding hydrogens is 276 g/mol. The first-order valence-corrected chi connectivity index (χ1v) is 7.20. The van der Waals surface area contributed by atoms with Crippen LogP contribution in [-0.2, 0) is 16.6 Å². The molecule has 0 amide bonds. The van der Waals surface area contributed by atoms with E-state index in [0.29, 0.717) is 11.4 Å². The van der Waals surface area contributed by atoms with Gasteiger partial charge in [-0.2, -0.15) is 5.26 Å². The first-order chi connectivity index (χ1) is 9.53. The van der Waals surface area contributed by atoms with E-state index < -0.39 is 10.0 Å². The molecule has 2 rings (SSSR count). The van der Waals surface area contributed by atoms with Crippen molar-refractivity contribution in [1.82, 2.24) is 9.71 Å². The second-order valence-corrected chi connectivity index (χ2v) is 5.75. The van der Waals surface area contributed by atoms with Crippen LogP contribution in [0.1, 0.15) is 11.3 Å². The van der Waals surface area contributed by atoms with Crippen LogP contribution in [0.3, 0.4) is 0 Å². The van der Waals surface area contributed by atoms with Crippen molar-refractivity contribution < 1.29 is 8.42 Å². The van der Waals surface area contributed by atoms with Gasteiger partial charge in [-0.05, 0) is 30.3 Å². The smallest absolute Gasteiger partial charge is 0.242 e. The summed E-state index contributed by atoms with van der Waals surface area (Å²) in [5, 5.41) is 8.98. The predicted molar refractivity (Wildman–Crippen MR) is 73.8 cm³/mol. The molecule has 0 fully saturated rings. The maximum Gasteiger partial charge on any atom is 0.242 e. The number of sulfonamides is 1. The third-order valence-electron chi connectivity index (χ3n) is 2.58. The summed E-state index contributed by atoms with van der Waals surface area (Å²) in [6, 6.07) is 11.1. The van der Waals surface area contributed by atoms with E-state index in [9.17, 15) is 8.42 Å². The lowest BCUT2D eigenvalue weighted by Gasteiger charge is -2.08. The molecule has 20 heavy (non-hydrogen) atoms. The normalized spacial score (nSPS) is 10.9. The summed E-state index contributed by atoms with van der Waals surface area (Å²) < 4.78 is 26.7. The van der Waals surface area contributed by atoms with Crippen molar-refractivity contribution in [3.05, 3.63) is 53.9 Å². The van der Waals surface area contributed by atoms with Crippen LogP contribution in [0.15, 0.2) is 47.5 Å². The number of benzene rings is 1. The molecule has 3 N–H and O–H groups in total. The van der Waals surface area contributed by atoms with Gasteiger partial charge in [0.25, 0.3) is 0 Å². The van der Waals surface area contributed by atoms with Crippen molar-refractivity contribution in [3.63, 3.8) is 0 Å². The Labute approximate surface area is 116 Å². The summed E-state index contributed by atoms with van der Waals surface area (Å²) in [6.45, 7) is 0.0540. The minimum absolute atomic E-state index is 0.0125. The van der Waals surface area contributed by atoms with E-state index in [-0.39, 0.29) is 17.0 Å². The number of hydrogen-bond donors (Lipinski definition) is 2. The third-order valence-corrected chi connectivity index (χ3v) is 4.04. The van der Waals surface area contributed by atoms with Crippen molar-refractivity contribution in [2.75, 3.05) is 5.73 Å². The van der Waals surface area contributed by atoms with Gasteiger partial charge < -0.3 is 5.73 Å². The van der Waals surface area contributed by atoms with E-state index in [0.717, 1.165) is 0 Å². The Kier molecular flexibility index (Phi) is 3.98. The first kappa shape index (κ1) is 14.0. The zero-order valence-electron chi connectivity index (χ0n) is 10.4. The molecule has 6 nitrogen and oxygen atoms in total. The first-order valence-electron chi connectivity index (χ1n) is 5.72. The second-order valence-electron chi connectivity index (χ2n) is 4.01. The Balaban J connectivity index is 2.25. The summed E-state index contributed by atoms with van der Waals surface area (Å²) in [6.07, 6.45) is 1.58. The van der Waals surface area contributed by atoms with Crippen LogP contribution in [0.4, 0.5) is 5.69 Å². The van der Waals surface area contributed by atoms with Gasteiger partial charge in [-0.15, -0.1) is 0 Å². The van der Waals surface area contributed by atoms with Gasteiger partial charge in [0, 0.05) is 11.9 Å². The van der Waals surface area contributed by atoms with Crippen LogP contribution in [-0.4, -0.2) is 13.4 Å². The van der Waals surface area contributed by atoms with Gasteiger partial charge in [0.05, 0.1) is 22.7 Å². The average molecular weight is 288 g/mol. The predicted octanol–water partition coefficient (Wildman–Crippen LogP) is 1.01. The van der Waals surface area contributed by atoms with Gasteiger partial charge in [-0.3, -0.25) is 4.98 Å². The van der Waals surface area contributed by atoms with Gasteiger partial charge in [0.15, 0.2) is 0 Å². The Morgan fingerprint density at radius 1 is 1.30 bits per heavy atom. The fourth-order valence-electron chi connectivity index (χ4n) is 1.62. The zero-order valence-corrected chi connectivity index (χ0v) is 11.3. The van der Waals surface area contributed by atoms with Crippen LogP contribution >= 0.6 is 0 Å². The number of nitrogens with one attached hydrogen (secondary N) is 1. The fraction of sp³-hybridized carbons (Fsp3) is 0.0769. The molecule has 0 radical (unpaired) electrons. The molecule has 2 aromatic rings. The van der Waals surface area contributed by atoms with Gasteiger partial charge in [0.1, 0.15) is 6.07 Å². The quantitative estimate of drug-likeness (QED) is 0.816. The molecule has 1 aromatic carbocycles. The molecule has 0 aliphatic carbocycles. The molecule has 0 aliphatic heterocycles. The van der Waals surface area contributed by atoms with E-state index in [1.807, 2.05) is 6.07 Å². The van der Waals surface area contributed by atoms with Crippen LogP contribution in [0, 0.1) is 11.3 Å². The molecule has 0 spiro atoms. The number of hydrogen-bond acceptors (Lipinski definition) is 5. The van der Waals surface area contributed by atoms with E-state index in [4.69, 9.17) is 11.0 Å². The lowest BCUT2D eigenvalue weighted by molar-refractivity contribution is 0.580. The fourth-order valence-corrected chi connectivity index (χ4v) is 2.75. The van der Waals surface area contributed by atoms with Crippen molar-refractivity contribution in [1.29, 1.82) is 5.26 Å². The molecule has 0 bridgehead atoms. The molecule has 0 unspecified atom stereocenters. The van der Waals surface area contributed by atoms with Gasteiger partial charge >= 0.3 is 0 Å². The molecule has 1 heterocycles. The van der Waals surface area contributed by atoms with Crippen LogP contribution in [0.5, 0.6) is 0 Å². The van der Waals surface area contributed by atoms with Crippen LogP contribution < -0.4 is 10.5 Å². The van der Waals surface area contributed by atoms with Crippen molar-refractivity contribution in [2.45, 2.75) is 11.4 Å². The molecule has 0 atom stereocenters. The van der Waals surface area contributed by atoms with Crippen LogP contribution in [0.25, 0.3) is 0 Å². The van der Waals surface area contributed by atoms with Gasteiger partial charge in [-0.1, -0.05) is 6.07 Å². The SMILES string of the molecule is N#Cc1cc(N)ccc1S(=O)(=O)NCc1ccccn1. The highest BCUT2D eigenvalue weighted by Crippen LogP contribution is 2.18. The van der Waals surface area contributed by atoms with E-state index in [2.05, 4.69) is 9.71 Å². The van der Waals surface area contributed by atoms with Crippen LogP contribution in [0.2, 0.25) is 0 Å². The Morgan fingerprint density at radius 3 is 2.75 bits per heavy atom. The molecule has 1 aromatic heterocycles. The Morgan fingerprint density at radius 2 is 2.10 bits per heavy atom. The molecule has 7 heteroatoms. The highest BCUT2D eigenvalue weighted by atomic mass is 32.2. The summed E-state index contributed by atoms with van der Waals surface area (Å²) in [5.74, 6) is 0. The minimum Gasteiger partial charge on any atom is -0.399 e. The largest absolute Gasteiger partial charge is 0.399 e. The summed E-state index contributed by atoms with van der Waals surface area (Å²) in [4.78, 5) is 3.93. The Bertz CT molecular complexity index is 752. The number of nitrogens with two attached hydrogens (primary N) is 1. The maximum absolute atomic E-state index is 12.2. The Hall–Kier alpha value is -2.43. The average Bonchev–Trinajstić information content (AvgIpc) is 2.46. The van der Waals surface area contributed by atoms with Crippen molar-refractivity contribution >= 4 is 15.7 Å². The van der Waals surface area contributed by atoms with E-state index in [1.54, 1.807) is 24.4 Å². The standard InChI is InChI=1S/C13H12N4O2S/c14-8-10-7-11(15)4-5-13(10)20(18,19)17-9-12-3-1-2-6-16-12/h1-7,17H,9,15H2. The number of nitrogen functional groups attached to an aromatic ring is 1. The number of aromatic nitrogens is 1. The molecule has 0 saturated heterocycles. The number of nitriles is 1. The highest BCUT2D eigenvalue weighted by Gasteiger charge is 2.18. The maximum atomic E-state index is 12.2. The number of nitrogens with zero attached hydrogens (tertiary/aromatic N) is 2. The zero-order chi connectivity index (χ0) is 14.6. The summed E-state index contributed by atoms with van der Waals surface area (Å²) in [5.41, 5.74) is 6.47. The molecule has 102 valence electrons. The number of pyridine rings is 1. The lowest BCUT2D eigenvalue weighted by atomic mass is 10.2. The van der Waals surface area contributed by atoms with E-state index >= 15 is 0 Å². The summed E-state index contributed by atoms with van der Waals surface area (Å²) in [7, 11) is -3.79. The van der Waals surface area contributed by atoms with E-state index in [1.165, 1.54) is 18.2 Å². The van der Waals surface area contributed by atoms with Gasteiger partial charge in [-0.25, -0.2) is 13.1 Å². The third kappa shape index (κ3) is 3.12. The second kappa shape index (κ2) is 5.69. The molecular formula is C13H12N4O2S.